The van der Waals surface area contributed by atoms with Crippen molar-refractivity contribution in [3.05, 3.63) is 47.3 Å². The van der Waals surface area contributed by atoms with Crippen molar-refractivity contribution in [1.29, 1.82) is 0 Å². The maximum atomic E-state index is 12.0. The van der Waals surface area contributed by atoms with E-state index in [1.54, 1.807) is 18.2 Å². The van der Waals surface area contributed by atoms with E-state index in [4.69, 9.17) is 4.52 Å². The lowest BCUT2D eigenvalue weighted by atomic mass is 10.1. The van der Waals surface area contributed by atoms with Crippen LogP contribution < -0.4 is 16.0 Å². The van der Waals surface area contributed by atoms with Gasteiger partial charge in [0.2, 0.25) is 0 Å². The molecule has 0 aliphatic heterocycles. The number of phenolic OH excluding ortho intramolecular Hbond substituents is 1. The number of rotatable bonds is 8. The molecule has 0 radical (unpaired) electrons. The van der Waals surface area contributed by atoms with Crippen LogP contribution in [0.4, 0.5) is 0 Å². The molecule has 0 unspecified atom stereocenters. The Labute approximate surface area is 182 Å². The van der Waals surface area contributed by atoms with Crippen molar-refractivity contribution in [1.82, 2.24) is 21.1 Å². The zero-order valence-corrected chi connectivity index (χ0v) is 18.7. The topological polar surface area (TPSA) is 112 Å². The van der Waals surface area contributed by atoms with E-state index in [1.807, 2.05) is 13.0 Å². The second-order valence-corrected chi connectivity index (χ2v) is 6.27. The molecule has 1 aromatic heterocycles. The van der Waals surface area contributed by atoms with Crippen LogP contribution in [0.5, 0.6) is 5.75 Å². The van der Waals surface area contributed by atoms with Crippen LogP contribution in [-0.2, 0) is 6.54 Å². The smallest absolute Gasteiger partial charge is 0.255 e. The highest BCUT2D eigenvalue weighted by atomic mass is 127. The molecule has 1 amide bonds. The second-order valence-electron chi connectivity index (χ2n) is 6.27. The van der Waals surface area contributed by atoms with Crippen molar-refractivity contribution in [3.8, 4) is 5.75 Å². The Kier molecular flexibility index (Phi) is 10.4. The van der Waals surface area contributed by atoms with Gasteiger partial charge in [0, 0.05) is 25.7 Å². The third kappa shape index (κ3) is 7.37. The molecule has 0 aliphatic rings. The summed E-state index contributed by atoms with van der Waals surface area (Å²) in [5, 5.41) is 22.7. The highest BCUT2D eigenvalue weighted by molar-refractivity contribution is 14.0. The summed E-state index contributed by atoms with van der Waals surface area (Å²) in [6, 6.07) is 8.34. The van der Waals surface area contributed by atoms with Gasteiger partial charge in [0.05, 0.1) is 11.3 Å². The van der Waals surface area contributed by atoms with E-state index in [1.165, 1.54) is 6.07 Å². The molecule has 2 rings (SSSR count). The first-order valence-corrected chi connectivity index (χ1v) is 9.05. The fraction of sp³-hybridized carbons (Fsp3) is 0.421. The lowest BCUT2D eigenvalue weighted by Gasteiger charge is -2.11. The number of nitrogens with one attached hydrogen (secondary N) is 3. The Hall–Kier alpha value is -2.30. The van der Waals surface area contributed by atoms with Crippen molar-refractivity contribution in [2.45, 2.75) is 33.2 Å². The van der Waals surface area contributed by atoms with Crippen molar-refractivity contribution >= 4 is 35.8 Å². The minimum atomic E-state index is -0.320. The number of phenols is 1. The second kappa shape index (κ2) is 12.2. The molecule has 9 heteroatoms. The Bertz CT molecular complexity index is 776. The Morgan fingerprint density at radius 2 is 1.93 bits per heavy atom. The molecule has 0 atom stereocenters. The minimum Gasteiger partial charge on any atom is -0.507 e. The zero-order chi connectivity index (χ0) is 19.6. The summed E-state index contributed by atoms with van der Waals surface area (Å²) in [5.74, 6) is 1.27. The van der Waals surface area contributed by atoms with Crippen LogP contribution >= 0.6 is 24.0 Å². The Morgan fingerprint density at radius 1 is 1.21 bits per heavy atom. The van der Waals surface area contributed by atoms with Crippen molar-refractivity contribution in [2.24, 2.45) is 4.99 Å². The summed E-state index contributed by atoms with van der Waals surface area (Å²) in [7, 11) is 0. The molecule has 4 N–H and O–H groups in total. The largest absolute Gasteiger partial charge is 0.507 e. The highest BCUT2D eigenvalue weighted by Crippen LogP contribution is 2.15. The Morgan fingerprint density at radius 3 is 2.57 bits per heavy atom. The number of benzene rings is 1. The normalized spacial score (nSPS) is 11.1. The van der Waals surface area contributed by atoms with Crippen LogP contribution in [0, 0.1) is 0 Å². The van der Waals surface area contributed by atoms with Gasteiger partial charge in [-0.1, -0.05) is 31.1 Å². The number of aliphatic imine (C=N–C) groups is 1. The summed E-state index contributed by atoms with van der Waals surface area (Å²) in [4.78, 5) is 16.5. The van der Waals surface area contributed by atoms with Crippen LogP contribution in [0.3, 0.4) is 0 Å². The van der Waals surface area contributed by atoms with Crippen molar-refractivity contribution < 1.29 is 14.4 Å². The van der Waals surface area contributed by atoms with Gasteiger partial charge in [-0.25, -0.2) is 4.99 Å². The molecule has 0 saturated heterocycles. The third-order valence-corrected chi connectivity index (χ3v) is 3.76. The van der Waals surface area contributed by atoms with Gasteiger partial charge in [0.1, 0.15) is 12.3 Å². The number of nitrogens with zero attached hydrogens (tertiary/aromatic N) is 2. The van der Waals surface area contributed by atoms with Gasteiger partial charge in [-0.05, 0) is 25.0 Å². The van der Waals surface area contributed by atoms with Crippen LogP contribution in [-0.4, -0.2) is 41.8 Å². The van der Waals surface area contributed by atoms with Gasteiger partial charge in [0.25, 0.3) is 5.91 Å². The van der Waals surface area contributed by atoms with E-state index >= 15 is 0 Å². The maximum absolute atomic E-state index is 12.0. The lowest BCUT2D eigenvalue weighted by molar-refractivity contribution is 0.0951. The van der Waals surface area contributed by atoms with E-state index in [0.717, 1.165) is 5.69 Å². The number of amides is 1. The van der Waals surface area contributed by atoms with Gasteiger partial charge >= 0.3 is 0 Å². The standard InChI is InChI=1S/C19H27N5O3.HI/c1-4-20-19(23-12-14-11-16(13(2)3)24-27-14)22-10-9-21-18(26)15-7-5-6-8-17(15)25;/h5-8,11,13,25H,4,9-10,12H2,1-3H3,(H,21,26)(H2,20,22,23);1H. The number of hydrogen-bond donors (Lipinski definition) is 4. The van der Waals surface area contributed by atoms with Crippen LogP contribution in [0.2, 0.25) is 0 Å². The first-order chi connectivity index (χ1) is 13.0. The molecule has 1 aromatic carbocycles. The average Bonchev–Trinajstić information content (AvgIpc) is 3.12. The average molecular weight is 501 g/mol. The summed E-state index contributed by atoms with van der Waals surface area (Å²) in [6.45, 7) is 8.04. The molecule has 28 heavy (non-hydrogen) atoms. The number of aromatic hydroxyl groups is 1. The monoisotopic (exact) mass is 501 g/mol. The van der Waals surface area contributed by atoms with E-state index in [9.17, 15) is 9.90 Å². The molecular weight excluding hydrogens is 473 g/mol. The molecule has 0 aliphatic carbocycles. The molecule has 0 bridgehead atoms. The number of guanidine groups is 1. The van der Waals surface area contributed by atoms with E-state index < -0.39 is 0 Å². The fourth-order valence-electron chi connectivity index (χ4n) is 2.29. The molecule has 1 heterocycles. The fourth-order valence-corrected chi connectivity index (χ4v) is 2.29. The lowest BCUT2D eigenvalue weighted by Crippen LogP contribution is -2.41. The summed E-state index contributed by atoms with van der Waals surface area (Å²) >= 11 is 0. The number of halogens is 1. The van der Waals surface area contributed by atoms with Gasteiger partial charge in [-0.2, -0.15) is 0 Å². The van der Waals surface area contributed by atoms with Crippen LogP contribution in [0.15, 0.2) is 39.8 Å². The third-order valence-electron chi connectivity index (χ3n) is 3.76. The van der Waals surface area contributed by atoms with Gasteiger partial charge in [-0.3, -0.25) is 4.79 Å². The van der Waals surface area contributed by atoms with Gasteiger partial charge < -0.3 is 25.6 Å². The van der Waals surface area contributed by atoms with E-state index in [0.29, 0.717) is 43.8 Å². The first kappa shape index (κ1) is 23.7. The molecular formula is C19H28IN5O3. The molecule has 0 fully saturated rings. The number of aromatic nitrogens is 1. The number of hydrogen-bond acceptors (Lipinski definition) is 5. The van der Waals surface area contributed by atoms with Gasteiger partial charge in [-0.15, -0.1) is 24.0 Å². The Balaban J connectivity index is 0.00000392. The summed E-state index contributed by atoms with van der Waals surface area (Å²) in [5.41, 5.74) is 1.16. The summed E-state index contributed by atoms with van der Waals surface area (Å²) < 4.78 is 5.28. The molecule has 8 nitrogen and oxygen atoms in total. The number of carbonyl (C=O) groups is 1. The molecule has 0 spiro atoms. The van der Waals surface area contributed by atoms with Crippen LogP contribution in [0.1, 0.15) is 48.5 Å². The quantitative estimate of drug-likeness (QED) is 0.192. The number of carbonyl (C=O) groups excluding carboxylic acids is 1. The maximum Gasteiger partial charge on any atom is 0.255 e. The predicted molar refractivity (Wildman–Crippen MR) is 119 cm³/mol. The van der Waals surface area contributed by atoms with Crippen molar-refractivity contribution in [3.63, 3.8) is 0 Å². The van der Waals surface area contributed by atoms with E-state index in [2.05, 4.69) is 39.9 Å². The number of para-hydroxylation sites is 1. The first-order valence-electron chi connectivity index (χ1n) is 9.05. The highest BCUT2D eigenvalue weighted by Gasteiger charge is 2.10. The zero-order valence-electron chi connectivity index (χ0n) is 16.4. The van der Waals surface area contributed by atoms with E-state index in [-0.39, 0.29) is 41.2 Å². The summed E-state index contributed by atoms with van der Waals surface area (Å²) in [6.07, 6.45) is 0. The SMILES string of the molecule is CCNC(=NCc1cc(C(C)C)no1)NCCNC(=O)c1ccccc1O.I. The minimum absolute atomic E-state index is 0. The van der Waals surface area contributed by atoms with Gasteiger partial charge in [0.15, 0.2) is 11.7 Å². The predicted octanol–water partition coefficient (Wildman–Crippen LogP) is 2.61. The molecule has 2 aromatic rings. The van der Waals surface area contributed by atoms with Crippen molar-refractivity contribution in [2.75, 3.05) is 19.6 Å². The molecule has 0 saturated carbocycles. The van der Waals surface area contributed by atoms with Crippen LogP contribution in [0.25, 0.3) is 0 Å². The molecule has 154 valence electrons.